The Labute approximate surface area is 165 Å². The summed E-state index contributed by atoms with van der Waals surface area (Å²) in [6, 6.07) is 8.19. The minimum Gasteiger partial charge on any atom is -0.344 e. The number of pyridine rings is 1. The maximum absolute atomic E-state index is 13.3. The number of carbonyl (C=O) groups excluding carboxylic acids is 2. The smallest absolute Gasteiger partial charge is 0.260 e. The lowest BCUT2D eigenvalue weighted by Crippen LogP contribution is -2.38. The first-order chi connectivity index (χ1) is 13.8. The van der Waals surface area contributed by atoms with E-state index in [4.69, 9.17) is 0 Å². The SMILES string of the molecule is CC(NC(=O)c1ccc(F)cc1)c1ccc2c(n1)CCCN2C(=O)[C@@H]1CC1(F)F. The number of anilines is 1. The van der Waals surface area contributed by atoms with Crippen LogP contribution in [0.25, 0.3) is 0 Å². The molecule has 1 fully saturated rings. The highest BCUT2D eigenvalue weighted by molar-refractivity contribution is 5.98. The summed E-state index contributed by atoms with van der Waals surface area (Å²) in [5, 5.41) is 2.81. The Balaban J connectivity index is 1.49. The third kappa shape index (κ3) is 3.83. The molecule has 0 bridgehead atoms. The Bertz CT molecular complexity index is 962. The third-order valence-electron chi connectivity index (χ3n) is 5.35. The fraction of sp³-hybridized carbons (Fsp3) is 0.381. The van der Waals surface area contributed by atoms with Crippen molar-refractivity contribution < 1.29 is 22.8 Å². The number of carbonyl (C=O) groups is 2. The second-order valence-electron chi connectivity index (χ2n) is 7.52. The van der Waals surface area contributed by atoms with Crippen molar-refractivity contribution in [2.24, 2.45) is 5.92 Å². The zero-order valence-electron chi connectivity index (χ0n) is 15.8. The maximum Gasteiger partial charge on any atom is 0.260 e. The normalized spacial score (nSPS) is 20.6. The predicted octanol–water partition coefficient (Wildman–Crippen LogP) is 3.65. The number of aromatic nitrogens is 1. The summed E-state index contributed by atoms with van der Waals surface area (Å²) in [6.07, 6.45) is 0.881. The molecule has 1 aromatic carbocycles. The number of fused-ring (bicyclic) bond motifs is 1. The Kier molecular flexibility index (Phi) is 4.80. The van der Waals surface area contributed by atoms with Crippen molar-refractivity contribution >= 4 is 17.5 Å². The van der Waals surface area contributed by atoms with E-state index in [0.717, 1.165) is 0 Å². The minimum atomic E-state index is -2.90. The van der Waals surface area contributed by atoms with E-state index < -0.39 is 36.0 Å². The summed E-state index contributed by atoms with van der Waals surface area (Å²) in [5.41, 5.74) is 2.15. The van der Waals surface area contributed by atoms with Crippen LogP contribution >= 0.6 is 0 Å². The van der Waals surface area contributed by atoms with E-state index in [9.17, 15) is 22.8 Å². The van der Waals surface area contributed by atoms with Gasteiger partial charge in [0.15, 0.2) is 0 Å². The van der Waals surface area contributed by atoms with Gasteiger partial charge in [0.2, 0.25) is 5.91 Å². The number of nitrogens with one attached hydrogen (secondary N) is 1. The van der Waals surface area contributed by atoms with Gasteiger partial charge in [-0.05, 0) is 56.2 Å². The van der Waals surface area contributed by atoms with E-state index in [-0.39, 0.29) is 5.91 Å². The molecule has 8 heteroatoms. The molecule has 1 saturated carbocycles. The lowest BCUT2D eigenvalue weighted by molar-refractivity contribution is -0.121. The van der Waals surface area contributed by atoms with Crippen LogP contribution in [0.5, 0.6) is 0 Å². The molecule has 0 radical (unpaired) electrons. The number of hydrogen-bond donors (Lipinski definition) is 1. The largest absolute Gasteiger partial charge is 0.344 e. The van der Waals surface area contributed by atoms with Crippen molar-refractivity contribution in [2.45, 2.75) is 38.2 Å². The first-order valence-electron chi connectivity index (χ1n) is 9.52. The molecular formula is C21H20F3N3O2. The van der Waals surface area contributed by atoms with Crippen molar-refractivity contribution in [2.75, 3.05) is 11.4 Å². The molecule has 2 heterocycles. The van der Waals surface area contributed by atoms with Crippen molar-refractivity contribution in [3.63, 3.8) is 0 Å². The predicted molar refractivity (Wildman–Crippen MR) is 100 cm³/mol. The molecule has 1 aromatic heterocycles. The Hall–Kier alpha value is -2.90. The van der Waals surface area contributed by atoms with Gasteiger partial charge in [-0.15, -0.1) is 0 Å². The van der Waals surface area contributed by atoms with Gasteiger partial charge in [-0.25, -0.2) is 13.2 Å². The van der Waals surface area contributed by atoms with Crippen molar-refractivity contribution in [3.8, 4) is 0 Å². The Morgan fingerprint density at radius 3 is 2.55 bits per heavy atom. The van der Waals surface area contributed by atoms with Crippen LogP contribution in [0, 0.1) is 11.7 Å². The number of halogens is 3. The average Bonchev–Trinajstić information content (AvgIpc) is 3.35. The molecule has 5 nitrogen and oxygen atoms in total. The standard InChI is InChI=1S/C21H20F3N3O2/c1-12(25-19(28)13-4-6-14(22)7-5-13)16-8-9-18-17(26-16)3-2-10-27(18)20(29)15-11-21(15,23)24/h4-9,12,15H,2-3,10-11H2,1H3,(H,25,28)/t12?,15-/m0/s1. The van der Waals surface area contributed by atoms with Crippen LogP contribution in [-0.4, -0.2) is 29.3 Å². The lowest BCUT2D eigenvalue weighted by atomic mass is 10.0. The van der Waals surface area contributed by atoms with Gasteiger partial charge in [-0.1, -0.05) is 0 Å². The van der Waals surface area contributed by atoms with E-state index >= 15 is 0 Å². The number of hydrogen-bond acceptors (Lipinski definition) is 3. The summed E-state index contributed by atoms with van der Waals surface area (Å²) in [5.74, 6) is -5.47. The van der Waals surface area contributed by atoms with E-state index in [1.54, 1.807) is 19.1 Å². The van der Waals surface area contributed by atoms with E-state index in [2.05, 4.69) is 10.3 Å². The Morgan fingerprint density at radius 1 is 1.21 bits per heavy atom. The number of amides is 2. The molecular weight excluding hydrogens is 383 g/mol. The highest BCUT2D eigenvalue weighted by Gasteiger charge is 2.62. The quantitative estimate of drug-likeness (QED) is 0.848. The van der Waals surface area contributed by atoms with Crippen LogP contribution in [0.4, 0.5) is 18.9 Å². The van der Waals surface area contributed by atoms with Crippen LogP contribution in [0.2, 0.25) is 0 Å². The van der Waals surface area contributed by atoms with Crippen molar-refractivity contribution in [1.29, 1.82) is 0 Å². The molecule has 2 amide bonds. The van der Waals surface area contributed by atoms with Crippen LogP contribution in [-0.2, 0) is 11.2 Å². The second kappa shape index (κ2) is 7.17. The van der Waals surface area contributed by atoms with Gasteiger partial charge in [-0.2, -0.15) is 0 Å². The highest BCUT2D eigenvalue weighted by Crippen LogP contribution is 2.50. The van der Waals surface area contributed by atoms with Gasteiger partial charge in [-0.3, -0.25) is 14.6 Å². The van der Waals surface area contributed by atoms with Gasteiger partial charge < -0.3 is 10.2 Å². The fourth-order valence-electron chi connectivity index (χ4n) is 3.56. The monoisotopic (exact) mass is 403 g/mol. The molecule has 29 heavy (non-hydrogen) atoms. The molecule has 0 spiro atoms. The first kappa shape index (κ1) is 19.4. The van der Waals surface area contributed by atoms with Crippen LogP contribution in [0.1, 0.15) is 47.6 Å². The summed E-state index contributed by atoms with van der Waals surface area (Å²) >= 11 is 0. The van der Waals surface area contributed by atoms with Crippen molar-refractivity contribution in [1.82, 2.24) is 10.3 Å². The molecule has 152 valence electrons. The molecule has 1 unspecified atom stereocenters. The van der Waals surface area contributed by atoms with E-state index in [0.29, 0.717) is 42.0 Å². The molecule has 1 aliphatic heterocycles. The molecule has 2 atom stereocenters. The zero-order valence-corrected chi connectivity index (χ0v) is 15.8. The Morgan fingerprint density at radius 2 is 1.90 bits per heavy atom. The first-order valence-corrected chi connectivity index (χ1v) is 9.52. The topological polar surface area (TPSA) is 62.3 Å². The van der Waals surface area contributed by atoms with Crippen LogP contribution in [0.15, 0.2) is 36.4 Å². The number of aryl methyl sites for hydroxylation is 1. The van der Waals surface area contributed by atoms with Gasteiger partial charge in [0.25, 0.3) is 11.8 Å². The van der Waals surface area contributed by atoms with E-state index in [1.807, 2.05) is 0 Å². The third-order valence-corrected chi connectivity index (χ3v) is 5.35. The van der Waals surface area contributed by atoms with Crippen LogP contribution in [0.3, 0.4) is 0 Å². The highest BCUT2D eigenvalue weighted by atomic mass is 19.3. The van der Waals surface area contributed by atoms with Gasteiger partial charge in [0.05, 0.1) is 23.1 Å². The molecule has 4 rings (SSSR count). The number of rotatable bonds is 4. The van der Waals surface area contributed by atoms with E-state index in [1.165, 1.54) is 29.2 Å². The van der Waals surface area contributed by atoms with Gasteiger partial charge >= 0.3 is 0 Å². The van der Waals surface area contributed by atoms with Crippen molar-refractivity contribution in [3.05, 3.63) is 59.2 Å². The summed E-state index contributed by atoms with van der Waals surface area (Å²) in [7, 11) is 0. The van der Waals surface area contributed by atoms with Gasteiger partial charge in [0.1, 0.15) is 11.7 Å². The summed E-state index contributed by atoms with van der Waals surface area (Å²) < 4.78 is 39.6. The molecule has 1 N–H and O–H groups in total. The molecule has 1 aliphatic carbocycles. The maximum atomic E-state index is 13.3. The van der Waals surface area contributed by atoms with Crippen LogP contribution < -0.4 is 10.2 Å². The van der Waals surface area contributed by atoms with Gasteiger partial charge in [0, 0.05) is 18.5 Å². The summed E-state index contributed by atoms with van der Waals surface area (Å²) in [6.45, 7) is 2.17. The molecule has 2 aliphatic rings. The second-order valence-corrected chi connectivity index (χ2v) is 7.52. The zero-order chi connectivity index (χ0) is 20.8. The fourth-order valence-corrected chi connectivity index (χ4v) is 3.56. The number of alkyl halides is 2. The average molecular weight is 403 g/mol. The number of nitrogens with zero attached hydrogens (tertiary/aromatic N) is 2. The molecule has 2 aromatic rings. The molecule has 0 saturated heterocycles. The minimum absolute atomic E-state index is 0.332. The summed E-state index contributed by atoms with van der Waals surface area (Å²) in [4.78, 5) is 30.7. The number of benzene rings is 1. The lowest BCUT2D eigenvalue weighted by Gasteiger charge is -2.29.